The number of hydrogen-bond donors (Lipinski definition) is 1. The zero-order valence-electron chi connectivity index (χ0n) is 13.3. The van der Waals surface area contributed by atoms with Crippen LogP contribution >= 0.6 is 0 Å². The molecule has 21 heavy (non-hydrogen) atoms. The van der Waals surface area contributed by atoms with Crippen molar-refractivity contribution in [2.45, 2.75) is 38.6 Å². The zero-order valence-corrected chi connectivity index (χ0v) is 14.1. The van der Waals surface area contributed by atoms with E-state index >= 15 is 0 Å². The van der Waals surface area contributed by atoms with Gasteiger partial charge in [-0.2, -0.15) is 0 Å². The Morgan fingerprint density at radius 2 is 1.90 bits per heavy atom. The molecule has 5 heteroatoms. The van der Waals surface area contributed by atoms with Gasteiger partial charge >= 0.3 is 0 Å². The van der Waals surface area contributed by atoms with Crippen molar-refractivity contribution in [2.75, 3.05) is 25.5 Å². The van der Waals surface area contributed by atoms with E-state index in [1.54, 1.807) is 0 Å². The van der Waals surface area contributed by atoms with Crippen molar-refractivity contribution >= 4 is 10.8 Å². The Morgan fingerprint density at radius 3 is 2.52 bits per heavy atom. The number of hydrogen-bond acceptors (Lipinski definition) is 4. The summed E-state index contributed by atoms with van der Waals surface area (Å²) in [6, 6.07) is 5.77. The number of nitrogens with one attached hydrogen (secondary N) is 1. The molecule has 1 aromatic rings. The molecule has 1 aliphatic heterocycles. The van der Waals surface area contributed by atoms with E-state index in [9.17, 15) is 4.21 Å². The first kappa shape index (κ1) is 16.3. The molecule has 0 fully saturated rings. The van der Waals surface area contributed by atoms with Crippen LogP contribution in [-0.2, 0) is 10.8 Å². The molecule has 0 saturated heterocycles. The maximum absolute atomic E-state index is 12.6. The summed E-state index contributed by atoms with van der Waals surface area (Å²) in [5.74, 6) is 2.03. The van der Waals surface area contributed by atoms with Gasteiger partial charge in [-0.1, -0.05) is 27.7 Å². The molecule has 0 amide bonds. The van der Waals surface area contributed by atoms with Gasteiger partial charge in [0.15, 0.2) is 11.5 Å². The third-order valence-corrected chi connectivity index (χ3v) is 5.01. The minimum absolute atomic E-state index is 0.0689. The molecule has 2 unspecified atom stereocenters. The van der Waals surface area contributed by atoms with E-state index in [4.69, 9.17) is 9.47 Å². The van der Waals surface area contributed by atoms with Crippen molar-refractivity contribution in [3.05, 3.63) is 18.2 Å². The van der Waals surface area contributed by atoms with Crippen LogP contribution in [0.25, 0.3) is 0 Å². The summed E-state index contributed by atoms with van der Waals surface area (Å²) < 4.78 is 23.7. The molecule has 0 aromatic heterocycles. The standard InChI is InChI=1S/C16H25NO3S/c1-5-17-15(16(2,3)4)11-21(18)12-6-7-13-14(10-12)20-9-8-19-13/h6-7,10,15,17H,5,8-9,11H2,1-4H3. The van der Waals surface area contributed by atoms with Crippen LogP contribution in [0, 0.1) is 5.41 Å². The molecule has 2 atom stereocenters. The molecular weight excluding hydrogens is 286 g/mol. The smallest absolute Gasteiger partial charge is 0.162 e. The van der Waals surface area contributed by atoms with Crippen molar-refractivity contribution in [3.63, 3.8) is 0 Å². The summed E-state index contributed by atoms with van der Waals surface area (Å²) in [5.41, 5.74) is 0.0689. The third-order valence-electron chi connectivity index (χ3n) is 3.59. The van der Waals surface area contributed by atoms with Crippen LogP contribution in [0.1, 0.15) is 27.7 Å². The van der Waals surface area contributed by atoms with Crippen LogP contribution < -0.4 is 14.8 Å². The van der Waals surface area contributed by atoms with Crippen LogP contribution in [0.5, 0.6) is 11.5 Å². The van der Waals surface area contributed by atoms with Crippen molar-refractivity contribution in [1.29, 1.82) is 0 Å². The Kier molecular flexibility index (Phi) is 5.27. The number of fused-ring (bicyclic) bond motifs is 1. The van der Waals surface area contributed by atoms with E-state index in [2.05, 4.69) is 33.0 Å². The van der Waals surface area contributed by atoms with Crippen LogP contribution in [-0.4, -0.2) is 35.8 Å². The van der Waals surface area contributed by atoms with Gasteiger partial charge in [0.2, 0.25) is 0 Å². The van der Waals surface area contributed by atoms with Crippen LogP contribution in [0.4, 0.5) is 0 Å². The van der Waals surface area contributed by atoms with Gasteiger partial charge in [0.25, 0.3) is 0 Å². The summed E-state index contributed by atoms with van der Waals surface area (Å²) in [7, 11) is -1.06. The van der Waals surface area contributed by atoms with Gasteiger partial charge in [0, 0.05) is 22.8 Å². The van der Waals surface area contributed by atoms with E-state index in [0.29, 0.717) is 24.7 Å². The largest absolute Gasteiger partial charge is 0.486 e. The molecule has 1 heterocycles. The fourth-order valence-corrected chi connectivity index (χ4v) is 3.85. The van der Waals surface area contributed by atoms with Crippen molar-refractivity contribution in [2.24, 2.45) is 5.41 Å². The molecule has 0 spiro atoms. The summed E-state index contributed by atoms with van der Waals surface area (Å²) in [6.45, 7) is 10.6. The average Bonchev–Trinajstić information content (AvgIpc) is 2.45. The molecule has 118 valence electrons. The van der Waals surface area contributed by atoms with Gasteiger partial charge in [-0.15, -0.1) is 0 Å². The Bertz CT molecular complexity index is 511. The predicted molar refractivity (Wildman–Crippen MR) is 85.6 cm³/mol. The highest BCUT2D eigenvalue weighted by molar-refractivity contribution is 7.85. The summed E-state index contributed by atoms with van der Waals surface area (Å²) in [5, 5.41) is 3.44. The second kappa shape index (κ2) is 6.79. The van der Waals surface area contributed by atoms with Gasteiger partial charge in [0.05, 0.1) is 10.8 Å². The van der Waals surface area contributed by atoms with Gasteiger partial charge in [-0.05, 0) is 24.1 Å². The molecular formula is C16H25NO3S. The Hall–Kier alpha value is -1.07. The average molecular weight is 311 g/mol. The second-order valence-corrected chi connectivity index (χ2v) is 7.79. The van der Waals surface area contributed by atoms with E-state index in [0.717, 1.165) is 17.2 Å². The highest BCUT2D eigenvalue weighted by Crippen LogP contribution is 2.32. The molecule has 0 radical (unpaired) electrons. The Labute approximate surface area is 129 Å². The highest BCUT2D eigenvalue weighted by atomic mass is 32.2. The topological polar surface area (TPSA) is 47.6 Å². The summed E-state index contributed by atoms with van der Waals surface area (Å²) in [4.78, 5) is 0.798. The summed E-state index contributed by atoms with van der Waals surface area (Å²) in [6.07, 6.45) is 0. The molecule has 1 aliphatic rings. The molecule has 1 aromatic carbocycles. The van der Waals surface area contributed by atoms with Crippen molar-refractivity contribution in [1.82, 2.24) is 5.32 Å². The third kappa shape index (κ3) is 4.20. The van der Waals surface area contributed by atoms with E-state index in [1.807, 2.05) is 18.2 Å². The minimum Gasteiger partial charge on any atom is -0.486 e. The van der Waals surface area contributed by atoms with E-state index < -0.39 is 10.8 Å². The second-order valence-electron chi connectivity index (χ2n) is 6.29. The van der Waals surface area contributed by atoms with Crippen LogP contribution in [0.2, 0.25) is 0 Å². The molecule has 2 rings (SSSR count). The van der Waals surface area contributed by atoms with Gasteiger partial charge < -0.3 is 14.8 Å². The van der Waals surface area contributed by atoms with E-state index in [-0.39, 0.29) is 11.5 Å². The van der Waals surface area contributed by atoms with E-state index in [1.165, 1.54) is 0 Å². The van der Waals surface area contributed by atoms with Gasteiger partial charge in [-0.25, -0.2) is 0 Å². The monoisotopic (exact) mass is 311 g/mol. The minimum atomic E-state index is -1.06. The van der Waals surface area contributed by atoms with Gasteiger partial charge in [0.1, 0.15) is 13.2 Å². The van der Waals surface area contributed by atoms with Gasteiger partial charge in [-0.3, -0.25) is 4.21 Å². The lowest BCUT2D eigenvalue weighted by molar-refractivity contribution is 0.171. The SMILES string of the molecule is CCNC(CS(=O)c1ccc2c(c1)OCCO2)C(C)(C)C. The maximum atomic E-state index is 12.6. The van der Waals surface area contributed by atoms with Crippen LogP contribution in [0.3, 0.4) is 0 Å². The molecule has 0 aliphatic carbocycles. The Morgan fingerprint density at radius 1 is 1.24 bits per heavy atom. The zero-order chi connectivity index (χ0) is 15.5. The molecule has 0 bridgehead atoms. The highest BCUT2D eigenvalue weighted by Gasteiger charge is 2.26. The quantitative estimate of drug-likeness (QED) is 0.908. The number of benzene rings is 1. The maximum Gasteiger partial charge on any atom is 0.162 e. The number of ether oxygens (including phenoxy) is 2. The predicted octanol–water partition coefficient (Wildman–Crippen LogP) is 2.59. The normalized spacial score (nSPS) is 17.3. The molecule has 1 N–H and O–H groups in total. The lowest BCUT2D eigenvalue weighted by atomic mass is 9.88. The lowest BCUT2D eigenvalue weighted by Gasteiger charge is -2.31. The first-order chi connectivity index (χ1) is 9.91. The fourth-order valence-electron chi connectivity index (χ4n) is 2.27. The lowest BCUT2D eigenvalue weighted by Crippen LogP contribution is -2.44. The summed E-state index contributed by atoms with van der Waals surface area (Å²) >= 11 is 0. The molecule has 4 nitrogen and oxygen atoms in total. The number of rotatable bonds is 5. The van der Waals surface area contributed by atoms with Crippen molar-refractivity contribution < 1.29 is 13.7 Å². The Balaban J connectivity index is 2.12. The van der Waals surface area contributed by atoms with Crippen molar-refractivity contribution in [3.8, 4) is 11.5 Å². The van der Waals surface area contributed by atoms with Crippen LogP contribution in [0.15, 0.2) is 23.1 Å². The fraction of sp³-hybridized carbons (Fsp3) is 0.625. The first-order valence-electron chi connectivity index (χ1n) is 7.43. The first-order valence-corrected chi connectivity index (χ1v) is 8.75. The molecule has 0 saturated carbocycles.